The van der Waals surface area contributed by atoms with E-state index < -0.39 is 6.09 Å². The SMILES string of the molecule is COc1ccc(N(Cc2ccc(C)cc2)C(=O)O)o1. The van der Waals surface area contributed by atoms with Crippen molar-refractivity contribution in [3.63, 3.8) is 0 Å². The van der Waals surface area contributed by atoms with Gasteiger partial charge in [-0.1, -0.05) is 29.8 Å². The fraction of sp³-hybridized carbons (Fsp3) is 0.214. The van der Waals surface area contributed by atoms with Crippen molar-refractivity contribution in [2.75, 3.05) is 12.0 Å². The molecule has 1 aromatic carbocycles. The zero-order chi connectivity index (χ0) is 13.8. The van der Waals surface area contributed by atoms with Crippen LogP contribution in [0.25, 0.3) is 0 Å². The third-order valence-electron chi connectivity index (χ3n) is 2.73. The fourth-order valence-corrected chi connectivity index (χ4v) is 1.68. The summed E-state index contributed by atoms with van der Waals surface area (Å²) in [6.45, 7) is 2.21. The smallest absolute Gasteiger partial charge is 0.414 e. The number of benzene rings is 1. The van der Waals surface area contributed by atoms with Gasteiger partial charge in [0.15, 0.2) is 0 Å². The van der Waals surface area contributed by atoms with E-state index in [1.165, 1.54) is 7.11 Å². The molecule has 2 aromatic rings. The number of aryl methyl sites for hydroxylation is 1. The highest BCUT2D eigenvalue weighted by Crippen LogP contribution is 2.25. The van der Waals surface area contributed by atoms with Crippen molar-refractivity contribution in [1.82, 2.24) is 0 Å². The first-order chi connectivity index (χ1) is 9.10. The molecule has 0 unspecified atom stereocenters. The van der Waals surface area contributed by atoms with Crippen LogP contribution in [-0.2, 0) is 6.54 Å². The molecule has 0 radical (unpaired) electrons. The predicted molar refractivity (Wildman–Crippen MR) is 70.6 cm³/mol. The van der Waals surface area contributed by atoms with E-state index >= 15 is 0 Å². The zero-order valence-electron chi connectivity index (χ0n) is 10.8. The number of hydrogen-bond donors (Lipinski definition) is 1. The van der Waals surface area contributed by atoms with E-state index in [0.29, 0.717) is 0 Å². The molecule has 0 atom stereocenters. The molecule has 1 aromatic heterocycles. The molecule has 0 saturated heterocycles. The summed E-state index contributed by atoms with van der Waals surface area (Å²) in [6.07, 6.45) is -1.07. The van der Waals surface area contributed by atoms with Gasteiger partial charge in [0.1, 0.15) is 0 Å². The zero-order valence-corrected chi connectivity index (χ0v) is 10.8. The first kappa shape index (κ1) is 13.0. The lowest BCUT2D eigenvalue weighted by Gasteiger charge is -2.16. The van der Waals surface area contributed by atoms with E-state index in [1.54, 1.807) is 12.1 Å². The molecule has 1 amide bonds. The van der Waals surface area contributed by atoms with E-state index in [0.717, 1.165) is 16.0 Å². The van der Waals surface area contributed by atoms with Gasteiger partial charge in [0.2, 0.25) is 5.88 Å². The van der Waals surface area contributed by atoms with Crippen molar-refractivity contribution >= 4 is 12.0 Å². The quantitative estimate of drug-likeness (QED) is 0.917. The minimum atomic E-state index is -1.07. The summed E-state index contributed by atoms with van der Waals surface area (Å²) >= 11 is 0. The highest BCUT2D eigenvalue weighted by atomic mass is 16.6. The largest absolute Gasteiger partial charge is 0.468 e. The van der Waals surface area contributed by atoms with Crippen molar-refractivity contribution in [1.29, 1.82) is 0 Å². The maximum absolute atomic E-state index is 11.3. The first-order valence-electron chi connectivity index (χ1n) is 5.80. The third-order valence-corrected chi connectivity index (χ3v) is 2.73. The number of nitrogens with zero attached hydrogens (tertiary/aromatic N) is 1. The molecule has 0 spiro atoms. The number of carboxylic acid groups (broad SMARTS) is 1. The molecule has 0 aliphatic carbocycles. The summed E-state index contributed by atoms with van der Waals surface area (Å²) in [6, 6.07) is 10.8. The van der Waals surface area contributed by atoms with Crippen LogP contribution in [0.1, 0.15) is 11.1 Å². The van der Waals surface area contributed by atoms with Crippen molar-refractivity contribution < 1.29 is 19.1 Å². The highest BCUT2D eigenvalue weighted by molar-refractivity contribution is 5.84. The molecule has 0 saturated carbocycles. The number of ether oxygens (including phenoxy) is 1. The average Bonchev–Trinajstić information content (AvgIpc) is 2.86. The van der Waals surface area contributed by atoms with Crippen LogP contribution in [-0.4, -0.2) is 18.3 Å². The van der Waals surface area contributed by atoms with Crippen LogP contribution in [0.4, 0.5) is 10.7 Å². The van der Waals surface area contributed by atoms with E-state index in [2.05, 4.69) is 0 Å². The normalized spacial score (nSPS) is 10.2. The molecule has 19 heavy (non-hydrogen) atoms. The molecule has 0 fully saturated rings. The number of methoxy groups -OCH3 is 1. The second-order valence-electron chi connectivity index (χ2n) is 4.15. The predicted octanol–water partition coefficient (Wildman–Crippen LogP) is 3.28. The topological polar surface area (TPSA) is 62.9 Å². The Morgan fingerprint density at radius 1 is 1.26 bits per heavy atom. The Bertz CT molecular complexity index is 559. The van der Waals surface area contributed by atoms with Gasteiger partial charge in [-0.05, 0) is 12.5 Å². The standard InChI is InChI=1S/C14H15NO4/c1-10-3-5-11(6-4-10)9-15(14(16)17)12-7-8-13(18-2)19-12/h3-8H,9H2,1-2H3,(H,16,17). The van der Waals surface area contributed by atoms with Crippen LogP contribution in [0.3, 0.4) is 0 Å². The Morgan fingerprint density at radius 3 is 2.47 bits per heavy atom. The van der Waals surface area contributed by atoms with Crippen LogP contribution < -0.4 is 9.64 Å². The van der Waals surface area contributed by atoms with Gasteiger partial charge in [-0.2, -0.15) is 0 Å². The fourth-order valence-electron chi connectivity index (χ4n) is 1.68. The summed E-state index contributed by atoms with van der Waals surface area (Å²) in [5, 5.41) is 9.25. The second-order valence-corrected chi connectivity index (χ2v) is 4.15. The molecule has 0 aliphatic rings. The van der Waals surface area contributed by atoms with Gasteiger partial charge in [0.25, 0.3) is 5.95 Å². The van der Waals surface area contributed by atoms with Crippen LogP contribution in [0, 0.1) is 6.92 Å². The van der Waals surface area contributed by atoms with Crippen LogP contribution in [0.5, 0.6) is 5.95 Å². The van der Waals surface area contributed by atoms with Gasteiger partial charge in [0.05, 0.1) is 13.7 Å². The van der Waals surface area contributed by atoms with Crippen molar-refractivity contribution in [3.8, 4) is 5.95 Å². The Morgan fingerprint density at radius 2 is 1.95 bits per heavy atom. The van der Waals surface area contributed by atoms with Gasteiger partial charge in [-0.25, -0.2) is 9.69 Å². The minimum absolute atomic E-state index is 0.228. The number of anilines is 1. The van der Waals surface area contributed by atoms with Gasteiger partial charge in [-0.3, -0.25) is 0 Å². The number of furan rings is 1. The highest BCUT2D eigenvalue weighted by Gasteiger charge is 2.18. The summed E-state index contributed by atoms with van der Waals surface area (Å²) in [5.74, 6) is 0.523. The van der Waals surface area contributed by atoms with Crippen molar-refractivity contribution in [3.05, 3.63) is 47.5 Å². The van der Waals surface area contributed by atoms with Crippen LogP contribution >= 0.6 is 0 Å². The molecule has 1 heterocycles. The minimum Gasteiger partial charge on any atom is -0.468 e. The van der Waals surface area contributed by atoms with Gasteiger partial charge < -0.3 is 14.3 Å². The van der Waals surface area contributed by atoms with Gasteiger partial charge >= 0.3 is 6.09 Å². The number of rotatable bonds is 4. The lowest BCUT2D eigenvalue weighted by Crippen LogP contribution is -2.28. The summed E-state index contributed by atoms with van der Waals surface area (Å²) in [4.78, 5) is 12.4. The van der Waals surface area contributed by atoms with Crippen molar-refractivity contribution in [2.24, 2.45) is 0 Å². The maximum atomic E-state index is 11.3. The number of carbonyl (C=O) groups is 1. The van der Waals surface area contributed by atoms with Gasteiger partial charge in [-0.15, -0.1) is 0 Å². The van der Waals surface area contributed by atoms with E-state index in [4.69, 9.17) is 9.15 Å². The van der Waals surface area contributed by atoms with Crippen LogP contribution in [0.2, 0.25) is 0 Å². The molecule has 1 N–H and O–H groups in total. The molecular weight excluding hydrogens is 246 g/mol. The Balaban J connectivity index is 2.21. The summed E-state index contributed by atoms with van der Waals surface area (Å²) in [7, 11) is 1.47. The number of amides is 1. The average molecular weight is 261 g/mol. The Labute approximate surface area is 111 Å². The lowest BCUT2D eigenvalue weighted by atomic mass is 10.1. The Kier molecular flexibility index (Phi) is 3.75. The maximum Gasteiger partial charge on any atom is 0.414 e. The second kappa shape index (κ2) is 5.48. The molecule has 0 aliphatic heterocycles. The first-order valence-corrected chi connectivity index (χ1v) is 5.80. The van der Waals surface area contributed by atoms with E-state index in [1.807, 2.05) is 31.2 Å². The molecule has 5 heteroatoms. The van der Waals surface area contributed by atoms with Crippen LogP contribution in [0.15, 0.2) is 40.8 Å². The third kappa shape index (κ3) is 3.07. The Hall–Kier alpha value is -2.43. The summed E-state index contributed by atoms with van der Waals surface area (Å²) in [5.41, 5.74) is 2.02. The van der Waals surface area contributed by atoms with Gasteiger partial charge in [0, 0.05) is 12.1 Å². The molecule has 100 valence electrons. The molecule has 0 bridgehead atoms. The number of hydrogen-bond acceptors (Lipinski definition) is 3. The monoisotopic (exact) mass is 261 g/mol. The van der Waals surface area contributed by atoms with E-state index in [9.17, 15) is 9.90 Å². The molecular formula is C14H15NO4. The van der Waals surface area contributed by atoms with Crippen molar-refractivity contribution in [2.45, 2.75) is 13.5 Å². The molecule has 5 nitrogen and oxygen atoms in total. The van der Waals surface area contributed by atoms with E-state index in [-0.39, 0.29) is 18.4 Å². The summed E-state index contributed by atoms with van der Waals surface area (Å²) < 4.78 is 10.2. The lowest BCUT2D eigenvalue weighted by molar-refractivity contribution is 0.199. The molecule has 2 rings (SSSR count).